The fourth-order valence-electron chi connectivity index (χ4n) is 11.1. The van der Waals surface area contributed by atoms with Crippen LogP contribution in [0.3, 0.4) is 0 Å². The molecule has 1 aliphatic carbocycles. The Hall–Kier alpha value is -8.21. The van der Waals surface area contributed by atoms with Crippen LogP contribution < -0.4 is 0 Å². The molecule has 4 heteroatoms. The first kappa shape index (κ1) is 41.0. The van der Waals surface area contributed by atoms with E-state index in [1.807, 2.05) is 0 Å². The number of nitrogens with zero attached hydrogens (tertiary/aromatic N) is 4. The van der Waals surface area contributed by atoms with E-state index in [2.05, 4.69) is 239 Å². The smallest absolute Gasteiger partial charge is 0.164 e. The van der Waals surface area contributed by atoms with Crippen molar-refractivity contribution in [2.75, 3.05) is 0 Å². The SMILES string of the molecule is CC1(C)CCC(C)(C)c2cc3c(cc21)c1c2ccccc2ccc1n3-c1cc(-c2nc(-c3ccc(-c4ccc5ccccc5c4)cc3)nc(-c3cccc(-c4ccccc4)c3)n2)c2ccccc2c1. The van der Waals surface area contributed by atoms with E-state index in [4.69, 9.17) is 15.0 Å². The predicted molar refractivity (Wildman–Crippen MR) is 289 cm³/mol. The second kappa shape index (κ2) is 15.7. The second-order valence-electron chi connectivity index (χ2n) is 20.3. The van der Waals surface area contributed by atoms with Gasteiger partial charge in [0.05, 0.1) is 11.0 Å². The van der Waals surface area contributed by atoms with Crippen LogP contribution in [-0.4, -0.2) is 19.5 Å². The minimum Gasteiger partial charge on any atom is -0.309 e. The van der Waals surface area contributed by atoms with E-state index in [-0.39, 0.29) is 10.8 Å². The lowest BCUT2D eigenvalue weighted by Gasteiger charge is -2.42. The molecule has 10 aromatic carbocycles. The summed E-state index contributed by atoms with van der Waals surface area (Å²) in [4.78, 5) is 16.1. The third kappa shape index (κ3) is 6.93. The first-order valence-electron chi connectivity index (χ1n) is 24.2. The zero-order valence-electron chi connectivity index (χ0n) is 39.3. The molecule has 1 aliphatic rings. The molecule has 0 spiro atoms. The summed E-state index contributed by atoms with van der Waals surface area (Å²) >= 11 is 0. The van der Waals surface area contributed by atoms with E-state index in [0.29, 0.717) is 17.5 Å². The van der Waals surface area contributed by atoms with Crippen molar-refractivity contribution < 1.29 is 0 Å². The molecule has 2 aromatic heterocycles. The molecule has 0 radical (unpaired) electrons. The summed E-state index contributed by atoms with van der Waals surface area (Å²) in [5.74, 6) is 1.88. The first-order valence-corrected chi connectivity index (χ1v) is 24.2. The molecule has 12 aromatic rings. The fourth-order valence-corrected chi connectivity index (χ4v) is 11.1. The van der Waals surface area contributed by atoms with E-state index in [9.17, 15) is 0 Å². The molecule has 0 aliphatic heterocycles. The number of hydrogen-bond donors (Lipinski definition) is 0. The van der Waals surface area contributed by atoms with Crippen LogP contribution in [0.5, 0.6) is 0 Å². The first-order chi connectivity index (χ1) is 33.6. The van der Waals surface area contributed by atoms with Crippen molar-refractivity contribution in [3.63, 3.8) is 0 Å². The molecule has 0 unspecified atom stereocenters. The van der Waals surface area contributed by atoms with Crippen LogP contribution in [0.15, 0.2) is 206 Å². The Kier molecular flexibility index (Phi) is 9.32. The maximum atomic E-state index is 5.43. The number of hydrogen-bond acceptors (Lipinski definition) is 3. The zero-order chi connectivity index (χ0) is 46.4. The van der Waals surface area contributed by atoms with Crippen LogP contribution in [-0.2, 0) is 10.8 Å². The van der Waals surface area contributed by atoms with Gasteiger partial charge in [-0.3, -0.25) is 0 Å². The van der Waals surface area contributed by atoms with E-state index in [0.717, 1.165) is 62.7 Å². The fraction of sp³-hybridized carbons (Fsp3) is 0.123. The lowest BCUT2D eigenvalue weighted by molar-refractivity contribution is 0.332. The average Bonchev–Trinajstić information content (AvgIpc) is 3.73. The van der Waals surface area contributed by atoms with Crippen molar-refractivity contribution >= 4 is 54.1 Å². The highest BCUT2D eigenvalue weighted by Gasteiger charge is 2.38. The highest BCUT2D eigenvalue weighted by molar-refractivity contribution is 6.22. The Labute approximate surface area is 402 Å². The maximum Gasteiger partial charge on any atom is 0.164 e. The number of rotatable bonds is 6. The van der Waals surface area contributed by atoms with E-state index < -0.39 is 0 Å². The van der Waals surface area contributed by atoms with Crippen LogP contribution in [0.2, 0.25) is 0 Å². The van der Waals surface area contributed by atoms with Crippen molar-refractivity contribution in [2.45, 2.75) is 51.4 Å². The quantitative estimate of drug-likeness (QED) is 0.167. The minimum atomic E-state index is 0.0418. The van der Waals surface area contributed by atoms with Gasteiger partial charge < -0.3 is 4.57 Å². The molecule has 0 saturated heterocycles. The topological polar surface area (TPSA) is 43.6 Å². The molecular formula is C65H50N4. The summed E-state index contributed by atoms with van der Waals surface area (Å²) in [7, 11) is 0. The minimum absolute atomic E-state index is 0.0418. The molecule has 0 amide bonds. The van der Waals surface area contributed by atoms with Crippen molar-refractivity contribution in [3.05, 3.63) is 217 Å². The van der Waals surface area contributed by atoms with Gasteiger partial charge in [-0.05, 0) is 132 Å². The summed E-state index contributed by atoms with van der Waals surface area (Å²) in [5.41, 5.74) is 13.9. The van der Waals surface area contributed by atoms with E-state index in [1.165, 1.54) is 60.0 Å². The van der Waals surface area contributed by atoms with Gasteiger partial charge in [0.15, 0.2) is 17.5 Å². The molecule has 0 saturated carbocycles. The lowest BCUT2D eigenvalue weighted by atomic mass is 9.63. The third-order valence-electron chi connectivity index (χ3n) is 15.1. The van der Waals surface area contributed by atoms with Gasteiger partial charge in [-0.1, -0.05) is 191 Å². The summed E-state index contributed by atoms with van der Waals surface area (Å²) in [6.07, 6.45) is 2.30. The molecule has 0 atom stereocenters. The van der Waals surface area contributed by atoms with Gasteiger partial charge in [-0.15, -0.1) is 0 Å². The van der Waals surface area contributed by atoms with Crippen LogP contribution in [0.25, 0.3) is 116 Å². The molecule has 0 bridgehead atoms. The summed E-state index contributed by atoms with van der Waals surface area (Å²) in [5, 5.41) is 9.74. The molecule has 13 rings (SSSR count). The van der Waals surface area contributed by atoms with Crippen LogP contribution in [0.1, 0.15) is 51.7 Å². The van der Waals surface area contributed by atoms with Crippen molar-refractivity contribution in [1.82, 2.24) is 19.5 Å². The highest BCUT2D eigenvalue weighted by atomic mass is 15.0. The molecule has 2 heterocycles. The predicted octanol–water partition coefficient (Wildman–Crippen LogP) is 17.1. The summed E-state index contributed by atoms with van der Waals surface area (Å²) < 4.78 is 2.50. The number of aromatic nitrogens is 4. The normalized spacial score (nSPS) is 14.2. The monoisotopic (exact) mass is 886 g/mol. The Morgan fingerprint density at radius 1 is 0.348 bits per heavy atom. The van der Waals surface area contributed by atoms with Crippen LogP contribution in [0.4, 0.5) is 0 Å². The van der Waals surface area contributed by atoms with Gasteiger partial charge >= 0.3 is 0 Å². The summed E-state index contributed by atoms with van der Waals surface area (Å²) in [6.45, 7) is 9.69. The van der Waals surface area contributed by atoms with Gasteiger partial charge in [0.1, 0.15) is 0 Å². The van der Waals surface area contributed by atoms with Crippen molar-refractivity contribution in [1.29, 1.82) is 0 Å². The van der Waals surface area contributed by atoms with E-state index >= 15 is 0 Å². The molecular weight excluding hydrogens is 837 g/mol. The largest absolute Gasteiger partial charge is 0.309 e. The van der Waals surface area contributed by atoms with E-state index in [1.54, 1.807) is 0 Å². The Balaban J connectivity index is 1.04. The van der Waals surface area contributed by atoms with Gasteiger partial charge in [-0.25, -0.2) is 15.0 Å². The molecule has 69 heavy (non-hydrogen) atoms. The van der Waals surface area contributed by atoms with Crippen LogP contribution in [0, 0.1) is 0 Å². The van der Waals surface area contributed by atoms with Gasteiger partial charge in [-0.2, -0.15) is 0 Å². The Morgan fingerprint density at radius 3 is 1.68 bits per heavy atom. The number of benzene rings is 10. The van der Waals surface area contributed by atoms with Gasteiger partial charge in [0.25, 0.3) is 0 Å². The lowest BCUT2D eigenvalue weighted by Crippen LogP contribution is -2.33. The maximum absolute atomic E-state index is 5.43. The highest BCUT2D eigenvalue weighted by Crippen LogP contribution is 2.49. The van der Waals surface area contributed by atoms with Crippen molar-refractivity contribution in [2.24, 2.45) is 0 Å². The third-order valence-corrected chi connectivity index (χ3v) is 15.1. The zero-order valence-corrected chi connectivity index (χ0v) is 39.3. The average molecular weight is 887 g/mol. The standard InChI is InChI=1S/C65H50N4/c1-64(2)33-34-65(3,4)57-40-59-55(39-56(57)64)60-53-24-13-10-18-44(53)31-32-58(60)69(59)51-37-49-20-11-12-23-52(49)54(38-51)63-67-61(66-62(68-63)50-22-14-21-47(36-50)41-15-6-5-7-16-41)45-28-25-43(26-29-45)48-30-27-42-17-8-9-19-46(42)35-48/h5-32,35-40H,33-34H2,1-4H3. The second-order valence-corrected chi connectivity index (χ2v) is 20.3. The van der Waals surface area contributed by atoms with Gasteiger partial charge in [0, 0.05) is 33.2 Å². The molecule has 330 valence electrons. The summed E-state index contributed by atoms with van der Waals surface area (Å²) in [6, 6.07) is 74.7. The molecule has 0 N–H and O–H groups in total. The van der Waals surface area contributed by atoms with Crippen LogP contribution >= 0.6 is 0 Å². The molecule has 4 nitrogen and oxygen atoms in total. The Bertz CT molecular complexity index is 4010. The Morgan fingerprint density at radius 2 is 0.899 bits per heavy atom. The number of fused-ring (bicyclic) bond motifs is 8. The molecule has 0 fully saturated rings. The van der Waals surface area contributed by atoms with Gasteiger partial charge in [0.2, 0.25) is 0 Å². The van der Waals surface area contributed by atoms with Crippen molar-refractivity contribution in [3.8, 4) is 62.1 Å².